The number of carbonyl (C=O) groups excluding carboxylic acids is 1. The minimum atomic E-state index is 0.209. The number of fused-ring (bicyclic) bond motifs is 3. The molecule has 0 radical (unpaired) electrons. The molecule has 1 aliphatic heterocycles. The molecule has 3 aliphatic rings. The van der Waals surface area contributed by atoms with E-state index in [1.807, 2.05) is 6.07 Å². The van der Waals surface area contributed by atoms with Gasteiger partial charge in [0.2, 0.25) is 0 Å². The van der Waals surface area contributed by atoms with E-state index in [0.717, 1.165) is 56.1 Å². The van der Waals surface area contributed by atoms with E-state index in [-0.39, 0.29) is 5.91 Å². The van der Waals surface area contributed by atoms with Crippen molar-refractivity contribution in [1.82, 2.24) is 14.8 Å². The molecular formula is C22H29N3O. The Balaban J connectivity index is 1.36. The molecule has 2 aromatic rings. The third-order valence-electron chi connectivity index (χ3n) is 6.81. The van der Waals surface area contributed by atoms with Crippen LogP contribution in [0, 0.1) is 0 Å². The monoisotopic (exact) mass is 351 g/mol. The Morgan fingerprint density at radius 1 is 0.962 bits per heavy atom. The average molecular weight is 351 g/mol. The number of benzene rings is 1. The molecule has 2 fully saturated rings. The van der Waals surface area contributed by atoms with Crippen molar-refractivity contribution in [3.63, 3.8) is 0 Å². The number of aromatic nitrogens is 1. The van der Waals surface area contributed by atoms with E-state index in [1.165, 1.54) is 55.2 Å². The third-order valence-corrected chi connectivity index (χ3v) is 6.81. The molecule has 0 atom stereocenters. The first kappa shape index (κ1) is 16.4. The van der Waals surface area contributed by atoms with Crippen LogP contribution >= 0.6 is 0 Å². The second-order valence-corrected chi connectivity index (χ2v) is 8.28. The Morgan fingerprint density at radius 2 is 1.73 bits per heavy atom. The van der Waals surface area contributed by atoms with Gasteiger partial charge in [-0.3, -0.25) is 9.69 Å². The SMILES string of the molecule is O=C(c1cccc2c3c([nH]c12)CCCC3)N1CCN(C2CCCC2)CC1. The van der Waals surface area contributed by atoms with Crippen molar-refractivity contribution >= 4 is 16.8 Å². The van der Waals surface area contributed by atoms with Crippen LogP contribution in [0.25, 0.3) is 10.9 Å². The molecule has 4 heteroatoms. The predicted octanol–water partition coefficient (Wildman–Crippen LogP) is 3.75. The molecule has 4 nitrogen and oxygen atoms in total. The lowest BCUT2D eigenvalue weighted by Gasteiger charge is -2.38. The molecule has 2 heterocycles. The topological polar surface area (TPSA) is 39.3 Å². The summed E-state index contributed by atoms with van der Waals surface area (Å²) in [6.07, 6.45) is 10.2. The molecule has 138 valence electrons. The molecule has 1 amide bonds. The van der Waals surface area contributed by atoms with Gasteiger partial charge in [-0.15, -0.1) is 0 Å². The lowest BCUT2D eigenvalue weighted by atomic mass is 9.95. The normalized spacial score (nSPS) is 22.1. The molecule has 0 unspecified atom stereocenters. The summed E-state index contributed by atoms with van der Waals surface area (Å²) in [4.78, 5) is 21.5. The number of amides is 1. The molecule has 1 saturated heterocycles. The van der Waals surface area contributed by atoms with Crippen molar-refractivity contribution in [1.29, 1.82) is 0 Å². The summed E-state index contributed by atoms with van der Waals surface area (Å²) in [7, 11) is 0. The largest absolute Gasteiger partial charge is 0.358 e. The van der Waals surface area contributed by atoms with Crippen LogP contribution in [-0.2, 0) is 12.8 Å². The molecule has 26 heavy (non-hydrogen) atoms. The number of aromatic amines is 1. The minimum absolute atomic E-state index is 0.209. The number of rotatable bonds is 2. The summed E-state index contributed by atoms with van der Waals surface area (Å²) in [6, 6.07) is 7.03. The van der Waals surface area contributed by atoms with Crippen molar-refractivity contribution in [3.8, 4) is 0 Å². The minimum Gasteiger partial charge on any atom is -0.358 e. The molecule has 0 bridgehead atoms. The Bertz CT molecular complexity index is 810. The van der Waals surface area contributed by atoms with Crippen molar-refractivity contribution in [3.05, 3.63) is 35.0 Å². The molecule has 1 saturated carbocycles. The number of H-pyrrole nitrogens is 1. The van der Waals surface area contributed by atoms with Gasteiger partial charge >= 0.3 is 0 Å². The number of hydrogen-bond donors (Lipinski definition) is 1. The maximum Gasteiger partial charge on any atom is 0.256 e. The van der Waals surface area contributed by atoms with Crippen LogP contribution in [0.4, 0.5) is 0 Å². The highest BCUT2D eigenvalue weighted by Crippen LogP contribution is 2.31. The number of aryl methyl sites for hydroxylation is 2. The molecule has 1 aromatic carbocycles. The third kappa shape index (κ3) is 2.75. The van der Waals surface area contributed by atoms with Gasteiger partial charge in [0.05, 0.1) is 11.1 Å². The molecule has 1 N–H and O–H groups in total. The zero-order chi connectivity index (χ0) is 17.5. The Labute approximate surface area is 155 Å². The summed E-state index contributed by atoms with van der Waals surface area (Å²) < 4.78 is 0. The van der Waals surface area contributed by atoms with Gasteiger partial charge in [0.1, 0.15) is 0 Å². The molecule has 1 aromatic heterocycles. The quantitative estimate of drug-likeness (QED) is 0.895. The molecule has 0 spiro atoms. The van der Waals surface area contributed by atoms with Crippen LogP contribution in [0.5, 0.6) is 0 Å². The summed E-state index contributed by atoms with van der Waals surface area (Å²) >= 11 is 0. The Hall–Kier alpha value is -1.81. The van der Waals surface area contributed by atoms with Crippen molar-refractivity contribution in [2.45, 2.75) is 57.4 Å². The maximum atomic E-state index is 13.2. The van der Waals surface area contributed by atoms with Crippen molar-refractivity contribution in [2.75, 3.05) is 26.2 Å². The Morgan fingerprint density at radius 3 is 2.54 bits per heavy atom. The van der Waals surface area contributed by atoms with E-state index in [0.29, 0.717) is 0 Å². The van der Waals surface area contributed by atoms with Gasteiger partial charge in [0, 0.05) is 43.3 Å². The van der Waals surface area contributed by atoms with Gasteiger partial charge in [-0.05, 0) is 50.2 Å². The van der Waals surface area contributed by atoms with Crippen LogP contribution < -0.4 is 0 Å². The smallest absolute Gasteiger partial charge is 0.256 e. The lowest BCUT2D eigenvalue weighted by Crippen LogP contribution is -2.51. The van der Waals surface area contributed by atoms with Gasteiger partial charge in [-0.1, -0.05) is 25.0 Å². The summed E-state index contributed by atoms with van der Waals surface area (Å²) in [5.41, 5.74) is 4.75. The number of hydrogen-bond acceptors (Lipinski definition) is 2. The zero-order valence-electron chi connectivity index (χ0n) is 15.6. The molecule has 2 aliphatic carbocycles. The highest BCUT2D eigenvalue weighted by molar-refractivity contribution is 6.06. The fraction of sp³-hybridized carbons (Fsp3) is 0.591. The van der Waals surface area contributed by atoms with Gasteiger partial charge < -0.3 is 9.88 Å². The average Bonchev–Trinajstić information content (AvgIpc) is 3.35. The van der Waals surface area contributed by atoms with E-state index < -0.39 is 0 Å². The van der Waals surface area contributed by atoms with Gasteiger partial charge in [-0.2, -0.15) is 0 Å². The first-order chi connectivity index (χ1) is 12.8. The van der Waals surface area contributed by atoms with E-state index in [4.69, 9.17) is 0 Å². The maximum absolute atomic E-state index is 13.2. The highest BCUT2D eigenvalue weighted by Gasteiger charge is 2.29. The van der Waals surface area contributed by atoms with Gasteiger partial charge in [-0.25, -0.2) is 0 Å². The summed E-state index contributed by atoms with van der Waals surface area (Å²) in [5, 5.41) is 1.27. The summed E-state index contributed by atoms with van der Waals surface area (Å²) in [5.74, 6) is 0.209. The van der Waals surface area contributed by atoms with Crippen molar-refractivity contribution < 1.29 is 4.79 Å². The van der Waals surface area contributed by atoms with E-state index in [9.17, 15) is 4.79 Å². The standard InChI is InChI=1S/C22H29N3O/c26-22(25-14-12-24(13-15-25)16-6-1-2-7-16)19-10-5-9-18-17-8-3-4-11-20(17)23-21(18)19/h5,9-10,16,23H,1-4,6-8,11-15H2. The zero-order valence-corrected chi connectivity index (χ0v) is 15.6. The van der Waals surface area contributed by atoms with Crippen molar-refractivity contribution in [2.24, 2.45) is 0 Å². The second kappa shape index (κ2) is 6.73. The van der Waals surface area contributed by atoms with Gasteiger partial charge in [0.25, 0.3) is 5.91 Å². The van der Waals surface area contributed by atoms with Crippen LogP contribution in [-0.4, -0.2) is 52.9 Å². The lowest BCUT2D eigenvalue weighted by molar-refractivity contribution is 0.0575. The fourth-order valence-electron chi connectivity index (χ4n) is 5.34. The number of nitrogens with one attached hydrogen (secondary N) is 1. The molecular weight excluding hydrogens is 322 g/mol. The van der Waals surface area contributed by atoms with Crippen LogP contribution in [0.15, 0.2) is 18.2 Å². The van der Waals surface area contributed by atoms with Crippen LogP contribution in [0.2, 0.25) is 0 Å². The Kier molecular flexibility index (Phi) is 4.24. The first-order valence-corrected chi connectivity index (χ1v) is 10.5. The van der Waals surface area contributed by atoms with Crippen LogP contribution in [0.3, 0.4) is 0 Å². The fourth-order valence-corrected chi connectivity index (χ4v) is 5.34. The number of carbonyl (C=O) groups is 1. The number of nitrogens with zero attached hydrogens (tertiary/aromatic N) is 2. The first-order valence-electron chi connectivity index (χ1n) is 10.5. The predicted molar refractivity (Wildman–Crippen MR) is 105 cm³/mol. The summed E-state index contributed by atoms with van der Waals surface area (Å²) in [6.45, 7) is 3.81. The van der Waals surface area contributed by atoms with E-state index >= 15 is 0 Å². The van der Waals surface area contributed by atoms with Crippen LogP contribution in [0.1, 0.15) is 60.1 Å². The van der Waals surface area contributed by atoms with E-state index in [1.54, 1.807) is 0 Å². The van der Waals surface area contributed by atoms with E-state index in [2.05, 4.69) is 26.9 Å². The highest BCUT2D eigenvalue weighted by atomic mass is 16.2. The number of piperazine rings is 1. The van der Waals surface area contributed by atoms with Gasteiger partial charge in [0.15, 0.2) is 0 Å². The molecule has 5 rings (SSSR count). The number of para-hydroxylation sites is 1. The second-order valence-electron chi connectivity index (χ2n) is 8.28.